The normalized spacial score (nSPS) is 10.4. The van der Waals surface area contributed by atoms with E-state index in [-0.39, 0.29) is 0 Å². The molecule has 0 radical (unpaired) electrons. The van der Waals surface area contributed by atoms with Crippen LogP contribution >= 0.6 is 11.3 Å². The largest absolute Gasteiger partial charge is 0.343 e. The quantitative estimate of drug-likeness (QED) is 0.724. The number of thiazole rings is 1. The molecule has 0 aliphatic carbocycles. The van der Waals surface area contributed by atoms with Gasteiger partial charge in [0.05, 0.1) is 5.69 Å². The fourth-order valence-electron chi connectivity index (χ4n) is 0.892. The van der Waals surface area contributed by atoms with Gasteiger partial charge in [-0.15, -0.1) is 11.3 Å². The van der Waals surface area contributed by atoms with Gasteiger partial charge in [0.25, 0.3) is 0 Å². The molecule has 0 aliphatic heterocycles. The van der Waals surface area contributed by atoms with Crippen molar-refractivity contribution in [3.63, 3.8) is 0 Å². The van der Waals surface area contributed by atoms with Crippen LogP contribution in [0.25, 0.3) is 10.8 Å². The van der Waals surface area contributed by atoms with Crippen LogP contribution in [0.4, 0.5) is 0 Å². The van der Waals surface area contributed by atoms with E-state index in [1.54, 1.807) is 23.7 Å². The first-order valence-corrected chi connectivity index (χ1v) is 4.42. The Balaban J connectivity index is 2.35. The van der Waals surface area contributed by atoms with Crippen molar-refractivity contribution < 1.29 is 0 Å². The number of nitrogens with zero attached hydrogens (tertiary/aromatic N) is 2. The highest BCUT2D eigenvalue weighted by molar-refractivity contribution is 7.13. The van der Waals surface area contributed by atoms with E-state index < -0.39 is 0 Å². The standard InChI is InChI=1S/C7H8N4S/c8-3-5-4-12-7(11-5)6-9-1-2-10-6/h1-2,4H,3,8H2,(H,9,10). The van der Waals surface area contributed by atoms with Gasteiger partial charge in [-0.2, -0.15) is 0 Å². The summed E-state index contributed by atoms with van der Waals surface area (Å²) in [7, 11) is 0. The number of rotatable bonds is 2. The third-order valence-electron chi connectivity index (χ3n) is 1.46. The van der Waals surface area contributed by atoms with Crippen LogP contribution in [0, 0.1) is 0 Å². The highest BCUT2D eigenvalue weighted by Crippen LogP contribution is 2.19. The van der Waals surface area contributed by atoms with Crippen molar-refractivity contribution in [1.82, 2.24) is 15.0 Å². The predicted molar refractivity (Wildman–Crippen MR) is 47.6 cm³/mol. The smallest absolute Gasteiger partial charge is 0.166 e. The van der Waals surface area contributed by atoms with Crippen LogP contribution in [-0.2, 0) is 6.54 Å². The van der Waals surface area contributed by atoms with E-state index >= 15 is 0 Å². The number of H-pyrrole nitrogens is 1. The van der Waals surface area contributed by atoms with Crippen LogP contribution in [-0.4, -0.2) is 15.0 Å². The first-order chi connectivity index (χ1) is 5.90. The van der Waals surface area contributed by atoms with Gasteiger partial charge in [0, 0.05) is 24.3 Å². The summed E-state index contributed by atoms with van der Waals surface area (Å²) in [5.41, 5.74) is 6.34. The van der Waals surface area contributed by atoms with E-state index in [0.717, 1.165) is 16.5 Å². The lowest BCUT2D eigenvalue weighted by atomic mass is 10.5. The third-order valence-corrected chi connectivity index (χ3v) is 2.36. The molecule has 0 amide bonds. The molecule has 4 nitrogen and oxygen atoms in total. The first kappa shape index (κ1) is 7.45. The summed E-state index contributed by atoms with van der Waals surface area (Å²) in [6.45, 7) is 0.483. The Morgan fingerprint density at radius 1 is 1.58 bits per heavy atom. The maximum atomic E-state index is 5.43. The molecule has 2 aromatic rings. The number of hydrogen-bond donors (Lipinski definition) is 2. The van der Waals surface area contributed by atoms with Crippen molar-refractivity contribution >= 4 is 11.3 Å². The van der Waals surface area contributed by atoms with E-state index in [4.69, 9.17) is 5.73 Å². The van der Waals surface area contributed by atoms with Gasteiger partial charge >= 0.3 is 0 Å². The van der Waals surface area contributed by atoms with Gasteiger partial charge in [-0.1, -0.05) is 0 Å². The number of aromatic amines is 1. The summed E-state index contributed by atoms with van der Waals surface area (Å²) in [6.07, 6.45) is 3.48. The van der Waals surface area contributed by atoms with E-state index in [9.17, 15) is 0 Å². The molecule has 0 aromatic carbocycles. The zero-order chi connectivity index (χ0) is 8.39. The van der Waals surface area contributed by atoms with E-state index in [2.05, 4.69) is 15.0 Å². The second-order valence-electron chi connectivity index (χ2n) is 2.29. The summed E-state index contributed by atoms with van der Waals surface area (Å²) < 4.78 is 0. The van der Waals surface area contributed by atoms with Crippen molar-refractivity contribution in [3.8, 4) is 10.8 Å². The van der Waals surface area contributed by atoms with E-state index in [1.807, 2.05) is 5.38 Å². The Morgan fingerprint density at radius 3 is 3.08 bits per heavy atom. The fraction of sp³-hybridized carbons (Fsp3) is 0.143. The molecule has 12 heavy (non-hydrogen) atoms. The number of imidazole rings is 1. The Bertz CT molecular complexity index is 351. The van der Waals surface area contributed by atoms with Gasteiger partial charge in [0.1, 0.15) is 0 Å². The molecule has 0 atom stereocenters. The van der Waals surface area contributed by atoms with Crippen LogP contribution < -0.4 is 5.73 Å². The molecule has 0 fully saturated rings. The van der Waals surface area contributed by atoms with Gasteiger partial charge in [-0.3, -0.25) is 0 Å². The Kier molecular flexibility index (Phi) is 1.89. The number of nitrogens with two attached hydrogens (primary N) is 1. The molecule has 0 unspecified atom stereocenters. The van der Waals surface area contributed by atoms with E-state index in [0.29, 0.717) is 6.54 Å². The molecule has 0 aliphatic rings. The lowest BCUT2D eigenvalue weighted by Gasteiger charge is -1.86. The SMILES string of the molecule is NCc1csc(-c2ncc[nH]2)n1. The summed E-state index contributed by atoms with van der Waals surface area (Å²) in [6, 6.07) is 0. The molecule has 3 N–H and O–H groups in total. The third kappa shape index (κ3) is 1.24. The zero-order valence-electron chi connectivity index (χ0n) is 6.32. The van der Waals surface area contributed by atoms with Crippen LogP contribution in [0.5, 0.6) is 0 Å². The Morgan fingerprint density at radius 2 is 2.50 bits per heavy atom. The monoisotopic (exact) mass is 180 g/mol. The summed E-state index contributed by atoms with van der Waals surface area (Å²) in [4.78, 5) is 11.3. The second-order valence-corrected chi connectivity index (χ2v) is 3.14. The molecule has 2 rings (SSSR count). The summed E-state index contributed by atoms with van der Waals surface area (Å²) >= 11 is 1.55. The molecular formula is C7H8N4S. The molecule has 62 valence electrons. The molecule has 5 heteroatoms. The van der Waals surface area contributed by atoms with Gasteiger partial charge in [-0.05, 0) is 0 Å². The lowest BCUT2D eigenvalue weighted by Crippen LogP contribution is -1.95. The minimum Gasteiger partial charge on any atom is -0.343 e. The van der Waals surface area contributed by atoms with Gasteiger partial charge < -0.3 is 10.7 Å². The summed E-state index contributed by atoms with van der Waals surface area (Å²) in [5, 5.41) is 2.83. The van der Waals surface area contributed by atoms with Crippen LogP contribution in [0.3, 0.4) is 0 Å². The molecule has 0 saturated carbocycles. The average molecular weight is 180 g/mol. The fourth-order valence-corrected chi connectivity index (χ4v) is 1.68. The highest BCUT2D eigenvalue weighted by Gasteiger charge is 2.04. The molecule has 0 saturated heterocycles. The highest BCUT2D eigenvalue weighted by atomic mass is 32.1. The molecule has 2 heterocycles. The Labute approximate surface area is 73.5 Å². The number of nitrogens with one attached hydrogen (secondary N) is 1. The van der Waals surface area contributed by atoms with Crippen LogP contribution in [0.15, 0.2) is 17.8 Å². The van der Waals surface area contributed by atoms with Crippen molar-refractivity contribution in [3.05, 3.63) is 23.5 Å². The van der Waals surface area contributed by atoms with Gasteiger partial charge in [-0.25, -0.2) is 9.97 Å². The minimum atomic E-state index is 0.483. The van der Waals surface area contributed by atoms with Crippen molar-refractivity contribution in [1.29, 1.82) is 0 Å². The molecule has 0 bridgehead atoms. The van der Waals surface area contributed by atoms with Crippen molar-refractivity contribution in [2.45, 2.75) is 6.54 Å². The predicted octanol–water partition coefficient (Wildman–Crippen LogP) is 0.992. The minimum absolute atomic E-state index is 0.483. The van der Waals surface area contributed by atoms with Crippen LogP contribution in [0.1, 0.15) is 5.69 Å². The lowest BCUT2D eigenvalue weighted by molar-refractivity contribution is 1.01. The van der Waals surface area contributed by atoms with Gasteiger partial charge in [0.2, 0.25) is 0 Å². The first-order valence-electron chi connectivity index (χ1n) is 3.54. The maximum Gasteiger partial charge on any atom is 0.166 e. The van der Waals surface area contributed by atoms with Gasteiger partial charge in [0.15, 0.2) is 10.8 Å². The molecular weight excluding hydrogens is 172 g/mol. The van der Waals surface area contributed by atoms with Crippen molar-refractivity contribution in [2.75, 3.05) is 0 Å². The topological polar surface area (TPSA) is 67.6 Å². The molecule has 0 spiro atoms. The zero-order valence-corrected chi connectivity index (χ0v) is 7.14. The maximum absolute atomic E-state index is 5.43. The summed E-state index contributed by atoms with van der Waals surface area (Å²) in [5.74, 6) is 0.805. The average Bonchev–Trinajstić information content (AvgIpc) is 2.75. The number of aromatic nitrogens is 3. The Hall–Kier alpha value is -1.20. The second kappa shape index (κ2) is 3.04. The van der Waals surface area contributed by atoms with Crippen LogP contribution in [0.2, 0.25) is 0 Å². The number of hydrogen-bond acceptors (Lipinski definition) is 4. The van der Waals surface area contributed by atoms with Crippen molar-refractivity contribution in [2.24, 2.45) is 5.73 Å². The van der Waals surface area contributed by atoms with E-state index in [1.165, 1.54) is 0 Å². The molecule has 2 aromatic heterocycles.